The second-order valence-electron chi connectivity index (χ2n) is 3.51. The van der Waals surface area contributed by atoms with E-state index in [0.29, 0.717) is 5.56 Å². The zero-order valence-corrected chi connectivity index (χ0v) is 10.9. The molecule has 0 radical (unpaired) electrons. The van der Waals surface area contributed by atoms with Crippen molar-refractivity contribution in [2.75, 3.05) is 0 Å². The molecule has 1 heterocycles. The Hall–Kier alpha value is -0.740. The third-order valence-corrected chi connectivity index (χ3v) is 4.58. The van der Waals surface area contributed by atoms with E-state index in [9.17, 15) is 8.78 Å². The van der Waals surface area contributed by atoms with Gasteiger partial charge in [-0.2, -0.15) is 0 Å². The number of halogens is 3. The van der Waals surface area contributed by atoms with Gasteiger partial charge in [0.25, 0.3) is 0 Å². The van der Waals surface area contributed by atoms with Crippen LogP contribution < -0.4 is 0 Å². The van der Waals surface area contributed by atoms with Crippen molar-refractivity contribution in [3.63, 3.8) is 0 Å². The molecule has 0 aliphatic carbocycles. The van der Waals surface area contributed by atoms with Crippen molar-refractivity contribution in [3.8, 4) is 0 Å². The van der Waals surface area contributed by atoms with Gasteiger partial charge >= 0.3 is 0 Å². The molecule has 1 unspecified atom stereocenters. The van der Waals surface area contributed by atoms with E-state index >= 15 is 0 Å². The number of hydrogen-bond acceptors (Lipinski definition) is 1. The van der Waals surface area contributed by atoms with E-state index in [1.165, 1.54) is 17.0 Å². The predicted molar refractivity (Wildman–Crippen MR) is 66.2 cm³/mol. The Balaban J connectivity index is 2.37. The summed E-state index contributed by atoms with van der Waals surface area (Å²) in [4.78, 5) is 2.07. The highest BCUT2D eigenvalue weighted by Gasteiger charge is 2.14. The fourth-order valence-corrected chi connectivity index (χ4v) is 3.06. The molecule has 0 fully saturated rings. The molecule has 4 heteroatoms. The van der Waals surface area contributed by atoms with Crippen LogP contribution in [0.1, 0.15) is 20.1 Å². The lowest BCUT2D eigenvalue weighted by Crippen LogP contribution is -1.92. The number of benzene rings is 1. The lowest BCUT2D eigenvalue weighted by molar-refractivity contribution is 0.580. The summed E-state index contributed by atoms with van der Waals surface area (Å²) in [6.07, 6.45) is 0. The van der Waals surface area contributed by atoms with Gasteiger partial charge in [0.15, 0.2) is 0 Å². The van der Waals surface area contributed by atoms with Gasteiger partial charge in [0, 0.05) is 15.8 Å². The van der Waals surface area contributed by atoms with Gasteiger partial charge in [0.2, 0.25) is 0 Å². The molecule has 0 saturated carbocycles. The van der Waals surface area contributed by atoms with E-state index < -0.39 is 11.6 Å². The fourth-order valence-electron chi connectivity index (χ4n) is 1.48. The van der Waals surface area contributed by atoms with Crippen molar-refractivity contribution in [1.82, 2.24) is 0 Å². The third kappa shape index (κ3) is 2.50. The smallest absolute Gasteiger partial charge is 0.126 e. The maximum atomic E-state index is 13.1. The van der Waals surface area contributed by atoms with Crippen molar-refractivity contribution in [2.45, 2.75) is 11.8 Å². The monoisotopic (exact) mass is 302 g/mol. The van der Waals surface area contributed by atoms with Crippen LogP contribution in [0, 0.1) is 18.6 Å². The van der Waals surface area contributed by atoms with Crippen molar-refractivity contribution < 1.29 is 8.78 Å². The number of aryl methyl sites for hydroxylation is 1. The van der Waals surface area contributed by atoms with E-state index in [1.807, 2.05) is 19.1 Å². The topological polar surface area (TPSA) is 0 Å². The molecule has 1 aromatic carbocycles. The Morgan fingerprint density at radius 2 is 1.75 bits per heavy atom. The van der Waals surface area contributed by atoms with Crippen LogP contribution in [-0.4, -0.2) is 0 Å². The first kappa shape index (κ1) is 11.7. The molecule has 0 bridgehead atoms. The molecule has 0 spiro atoms. The molecule has 16 heavy (non-hydrogen) atoms. The first-order valence-corrected chi connectivity index (χ1v) is 6.46. The van der Waals surface area contributed by atoms with Gasteiger partial charge in [-0.05, 0) is 36.8 Å². The number of thiophene rings is 1. The summed E-state index contributed by atoms with van der Waals surface area (Å²) in [5.74, 6) is -1.10. The Morgan fingerprint density at radius 1 is 1.12 bits per heavy atom. The number of alkyl halides is 1. The lowest BCUT2D eigenvalue weighted by atomic mass is 10.1. The van der Waals surface area contributed by atoms with Crippen LogP contribution in [0.2, 0.25) is 0 Å². The van der Waals surface area contributed by atoms with Gasteiger partial charge in [0.05, 0.1) is 4.83 Å². The summed E-state index contributed by atoms with van der Waals surface area (Å²) in [5, 5.41) is 0. The van der Waals surface area contributed by atoms with Crippen LogP contribution in [0.3, 0.4) is 0 Å². The summed E-state index contributed by atoms with van der Waals surface area (Å²) in [6.45, 7) is 2.00. The Labute approximate surface area is 105 Å². The highest BCUT2D eigenvalue weighted by Crippen LogP contribution is 2.35. The zero-order chi connectivity index (χ0) is 11.7. The van der Waals surface area contributed by atoms with Crippen LogP contribution in [0.5, 0.6) is 0 Å². The average molecular weight is 303 g/mol. The molecule has 2 rings (SSSR count). The van der Waals surface area contributed by atoms with Gasteiger partial charge < -0.3 is 0 Å². The zero-order valence-electron chi connectivity index (χ0n) is 8.51. The summed E-state index contributed by atoms with van der Waals surface area (Å²) in [5.41, 5.74) is 0.597. The molecule has 2 aromatic rings. The standard InChI is InChI=1S/C12H9BrF2S/c1-7-2-3-11(16-7)12(13)8-4-9(14)6-10(15)5-8/h2-6,12H,1H3. The fraction of sp³-hybridized carbons (Fsp3) is 0.167. The van der Waals surface area contributed by atoms with Crippen molar-refractivity contribution in [1.29, 1.82) is 0 Å². The third-order valence-electron chi connectivity index (χ3n) is 2.19. The van der Waals surface area contributed by atoms with E-state index in [4.69, 9.17) is 0 Å². The number of hydrogen-bond donors (Lipinski definition) is 0. The van der Waals surface area contributed by atoms with Crippen LogP contribution >= 0.6 is 27.3 Å². The normalized spacial score (nSPS) is 12.8. The molecule has 0 aliphatic rings. The minimum absolute atomic E-state index is 0.156. The molecule has 1 aromatic heterocycles. The molecule has 84 valence electrons. The highest BCUT2D eigenvalue weighted by molar-refractivity contribution is 9.09. The van der Waals surface area contributed by atoms with Crippen molar-refractivity contribution >= 4 is 27.3 Å². The molecule has 0 saturated heterocycles. The first-order valence-electron chi connectivity index (χ1n) is 4.72. The van der Waals surface area contributed by atoms with Crippen LogP contribution in [0.25, 0.3) is 0 Å². The first-order chi connectivity index (χ1) is 7.56. The highest BCUT2D eigenvalue weighted by atomic mass is 79.9. The molecule has 0 aliphatic heterocycles. The van der Waals surface area contributed by atoms with Gasteiger partial charge in [-0.15, -0.1) is 11.3 Å². The molecule has 0 nitrogen and oxygen atoms in total. The molecule has 0 N–H and O–H groups in total. The summed E-state index contributed by atoms with van der Waals surface area (Å²) in [6, 6.07) is 7.52. The average Bonchev–Trinajstić information content (AvgIpc) is 2.62. The summed E-state index contributed by atoms with van der Waals surface area (Å²) in [7, 11) is 0. The summed E-state index contributed by atoms with van der Waals surface area (Å²) >= 11 is 5.06. The largest absolute Gasteiger partial charge is 0.207 e. The van der Waals surface area contributed by atoms with Gasteiger partial charge in [-0.3, -0.25) is 0 Å². The Bertz CT molecular complexity index is 487. The quantitative estimate of drug-likeness (QED) is 0.698. The Kier molecular flexibility index (Phi) is 3.40. The van der Waals surface area contributed by atoms with E-state index in [1.54, 1.807) is 11.3 Å². The predicted octanol–water partition coefficient (Wildman–Crippen LogP) is 4.82. The second kappa shape index (κ2) is 4.63. The Morgan fingerprint density at radius 3 is 2.25 bits per heavy atom. The van der Waals surface area contributed by atoms with Crippen molar-refractivity contribution in [3.05, 3.63) is 57.3 Å². The van der Waals surface area contributed by atoms with Gasteiger partial charge in [0.1, 0.15) is 11.6 Å². The molecular weight excluding hydrogens is 294 g/mol. The summed E-state index contributed by atoms with van der Waals surface area (Å²) < 4.78 is 26.1. The van der Waals surface area contributed by atoms with Gasteiger partial charge in [-0.1, -0.05) is 15.9 Å². The number of rotatable bonds is 2. The van der Waals surface area contributed by atoms with E-state index in [2.05, 4.69) is 15.9 Å². The van der Waals surface area contributed by atoms with Gasteiger partial charge in [-0.25, -0.2) is 8.78 Å². The molecule has 1 atom stereocenters. The van der Waals surface area contributed by atoms with Crippen molar-refractivity contribution in [2.24, 2.45) is 0 Å². The van der Waals surface area contributed by atoms with Crippen LogP contribution in [0.4, 0.5) is 8.78 Å². The van der Waals surface area contributed by atoms with Crippen LogP contribution in [0.15, 0.2) is 30.3 Å². The molecular formula is C12H9BrF2S. The minimum atomic E-state index is -0.548. The maximum Gasteiger partial charge on any atom is 0.126 e. The van der Waals surface area contributed by atoms with E-state index in [0.717, 1.165) is 10.9 Å². The second-order valence-corrected chi connectivity index (χ2v) is 5.75. The minimum Gasteiger partial charge on any atom is -0.207 e. The maximum absolute atomic E-state index is 13.1. The van der Waals surface area contributed by atoms with Crippen LogP contribution in [-0.2, 0) is 0 Å². The van der Waals surface area contributed by atoms with E-state index in [-0.39, 0.29) is 4.83 Å². The SMILES string of the molecule is Cc1ccc(C(Br)c2cc(F)cc(F)c2)s1. The molecule has 0 amide bonds. The lowest BCUT2D eigenvalue weighted by Gasteiger charge is -2.08.